The van der Waals surface area contributed by atoms with Crippen LogP contribution in [0.25, 0.3) is 10.9 Å². The van der Waals surface area contributed by atoms with Crippen molar-refractivity contribution in [1.29, 1.82) is 0 Å². The van der Waals surface area contributed by atoms with Crippen LogP contribution in [0.2, 0.25) is 0 Å². The molecule has 31 heavy (non-hydrogen) atoms. The molecule has 1 atom stereocenters. The van der Waals surface area contributed by atoms with Crippen LogP contribution < -0.4 is 10.6 Å². The van der Waals surface area contributed by atoms with Gasteiger partial charge in [0.15, 0.2) is 0 Å². The highest BCUT2D eigenvalue weighted by atomic mass is 32.1. The third-order valence-corrected chi connectivity index (χ3v) is 7.40. The van der Waals surface area contributed by atoms with E-state index in [2.05, 4.69) is 15.6 Å². The quantitative estimate of drug-likeness (QED) is 0.541. The normalized spacial score (nSPS) is 18.1. The summed E-state index contributed by atoms with van der Waals surface area (Å²) in [5.74, 6) is -0.200. The number of hydrogen-bond donors (Lipinski definition) is 3. The lowest BCUT2D eigenvalue weighted by Crippen LogP contribution is -2.32. The number of fused-ring (bicyclic) bond motifs is 2. The summed E-state index contributed by atoms with van der Waals surface area (Å²) in [6.07, 6.45) is 8.36. The van der Waals surface area contributed by atoms with Gasteiger partial charge in [-0.1, -0.05) is 18.2 Å². The Morgan fingerprint density at radius 1 is 1.16 bits per heavy atom. The molecule has 0 unspecified atom stereocenters. The molecule has 7 heteroatoms. The number of rotatable bonds is 6. The number of H-pyrrole nitrogens is 1. The Bertz CT molecular complexity index is 1110. The van der Waals surface area contributed by atoms with Crippen molar-refractivity contribution in [3.05, 3.63) is 52.0 Å². The minimum atomic E-state index is -0.100. The lowest BCUT2D eigenvalue weighted by Gasteiger charge is -2.15. The molecule has 0 radical (unpaired) electrons. The van der Waals surface area contributed by atoms with E-state index >= 15 is 0 Å². The second kappa shape index (κ2) is 8.85. The topological polar surface area (TPSA) is 83.2 Å². The fourth-order valence-corrected chi connectivity index (χ4v) is 5.92. The number of ether oxygens (including phenoxy) is 1. The molecule has 2 aliphatic rings. The van der Waals surface area contributed by atoms with Gasteiger partial charge in [0.1, 0.15) is 5.00 Å². The molecule has 3 N–H and O–H groups in total. The van der Waals surface area contributed by atoms with Crippen molar-refractivity contribution in [1.82, 2.24) is 10.3 Å². The summed E-state index contributed by atoms with van der Waals surface area (Å²) in [5, 5.41) is 7.84. The monoisotopic (exact) mass is 437 g/mol. The predicted octanol–water partition coefficient (Wildman–Crippen LogP) is 4.20. The molecule has 2 aromatic heterocycles. The molecule has 5 rings (SSSR count). The first-order valence-electron chi connectivity index (χ1n) is 11.1. The number of aromatic amines is 1. The van der Waals surface area contributed by atoms with Gasteiger partial charge in [0.25, 0.3) is 5.91 Å². The number of aromatic nitrogens is 1. The zero-order valence-corrected chi connectivity index (χ0v) is 18.3. The Balaban J connectivity index is 1.34. The molecule has 1 aromatic carbocycles. The van der Waals surface area contributed by atoms with Crippen LogP contribution in [0.4, 0.5) is 5.00 Å². The summed E-state index contributed by atoms with van der Waals surface area (Å²) in [6.45, 7) is 1.29. The number of aryl methyl sites for hydroxylation is 1. The molecule has 0 bridgehead atoms. The summed E-state index contributed by atoms with van der Waals surface area (Å²) in [7, 11) is 0. The van der Waals surface area contributed by atoms with Crippen LogP contribution in [0.3, 0.4) is 0 Å². The molecular formula is C24H27N3O3S. The number of para-hydroxylation sites is 1. The van der Waals surface area contributed by atoms with Crippen LogP contribution in [-0.2, 0) is 28.8 Å². The number of thiophene rings is 1. The first-order valence-corrected chi connectivity index (χ1v) is 11.9. The van der Waals surface area contributed by atoms with Crippen molar-refractivity contribution >= 4 is 39.1 Å². The standard InChI is InChI=1S/C24H27N3O3S/c28-21(12-15-13-25-19-9-3-1-7-17(15)19)27-24-22(18-8-2-4-10-20(18)31-24)23(29)26-14-16-6-5-11-30-16/h1,3,7,9,13,16,25H,2,4-6,8,10-12,14H2,(H,26,29)(H,27,28)/t16-/m1/s1. The molecule has 1 fully saturated rings. The SMILES string of the molecule is O=C(Cc1c[nH]c2ccccc12)Nc1sc2c(c1C(=O)NC[C@H]1CCCO1)CCCC2. The minimum absolute atomic E-state index is 0.0957. The predicted molar refractivity (Wildman–Crippen MR) is 123 cm³/mol. The van der Waals surface area contributed by atoms with Crippen molar-refractivity contribution in [2.75, 3.05) is 18.5 Å². The minimum Gasteiger partial charge on any atom is -0.376 e. The molecule has 1 aliphatic carbocycles. The van der Waals surface area contributed by atoms with Crippen LogP contribution in [0.1, 0.15) is 52.0 Å². The number of benzene rings is 1. The molecule has 6 nitrogen and oxygen atoms in total. The number of amides is 2. The Hall–Kier alpha value is -2.64. The maximum atomic E-state index is 13.1. The Kier molecular flexibility index (Phi) is 5.78. The Labute approximate surface area is 185 Å². The molecule has 0 saturated carbocycles. The molecule has 162 valence electrons. The van der Waals surface area contributed by atoms with E-state index in [1.165, 1.54) is 4.88 Å². The summed E-state index contributed by atoms with van der Waals surface area (Å²) < 4.78 is 5.64. The molecular weight excluding hydrogens is 410 g/mol. The van der Waals surface area contributed by atoms with Gasteiger partial charge in [-0.15, -0.1) is 11.3 Å². The van der Waals surface area contributed by atoms with Gasteiger partial charge in [-0.25, -0.2) is 0 Å². The van der Waals surface area contributed by atoms with Crippen LogP contribution in [0, 0.1) is 0 Å². The van der Waals surface area contributed by atoms with Crippen molar-refractivity contribution in [3.8, 4) is 0 Å². The second-order valence-electron chi connectivity index (χ2n) is 8.34. The molecule has 1 aliphatic heterocycles. The summed E-state index contributed by atoms with van der Waals surface area (Å²) in [6, 6.07) is 7.96. The van der Waals surface area contributed by atoms with Gasteiger partial charge in [0, 0.05) is 35.1 Å². The Morgan fingerprint density at radius 2 is 2.03 bits per heavy atom. The summed E-state index contributed by atoms with van der Waals surface area (Å²) in [5.41, 5.74) is 3.75. The van der Waals surface area contributed by atoms with Crippen LogP contribution >= 0.6 is 11.3 Å². The zero-order chi connectivity index (χ0) is 21.2. The van der Waals surface area contributed by atoms with Crippen molar-refractivity contribution in [3.63, 3.8) is 0 Å². The van der Waals surface area contributed by atoms with Crippen molar-refractivity contribution in [2.45, 2.75) is 51.0 Å². The molecule has 3 aromatic rings. The van der Waals surface area contributed by atoms with E-state index in [-0.39, 0.29) is 24.3 Å². The molecule has 2 amide bonds. The number of carbonyl (C=O) groups excluding carboxylic acids is 2. The van der Waals surface area contributed by atoms with E-state index in [9.17, 15) is 9.59 Å². The summed E-state index contributed by atoms with van der Waals surface area (Å²) >= 11 is 1.56. The van der Waals surface area contributed by atoms with Crippen LogP contribution in [0.15, 0.2) is 30.5 Å². The van der Waals surface area contributed by atoms with Gasteiger partial charge >= 0.3 is 0 Å². The van der Waals surface area contributed by atoms with Gasteiger partial charge in [-0.05, 0) is 55.7 Å². The van der Waals surface area contributed by atoms with E-state index in [4.69, 9.17) is 4.74 Å². The van der Waals surface area contributed by atoms with E-state index in [1.807, 2.05) is 30.5 Å². The van der Waals surface area contributed by atoms with Crippen molar-refractivity contribution < 1.29 is 14.3 Å². The van der Waals surface area contributed by atoms with Crippen molar-refractivity contribution in [2.24, 2.45) is 0 Å². The van der Waals surface area contributed by atoms with Gasteiger partial charge in [0.05, 0.1) is 18.1 Å². The molecule has 1 saturated heterocycles. The van der Waals surface area contributed by atoms with E-state index < -0.39 is 0 Å². The van der Waals surface area contributed by atoms with Crippen LogP contribution in [0.5, 0.6) is 0 Å². The average molecular weight is 438 g/mol. The highest BCUT2D eigenvalue weighted by molar-refractivity contribution is 7.17. The fourth-order valence-electron chi connectivity index (χ4n) is 4.62. The first kappa shape index (κ1) is 20.3. The third-order valence-electron chi connectivity index (χ3n) is 6.19. The lowest BCUT2D eigenvalue weighted by molar-refractivity contribution is -0.115. The number of carbonyl (C=O) groups is 2. The van der Waals surface area contributed by atoms with E-state index in [0.717, 1.165) is 67.2 Å². The van der Waals surface area contributed by atoms with Gasteiger partial charge < -0.3 is 20.4 Å². The van der Waals surface area contributed by atoms with Crippen LogP contribution in [-0.4, -0.2) is 36.1 Å². The largest absolute Gasteiger partial charge is 0.376 e. The zero-order valence-electron chi connectivity index (χ0n) is 17.5. The highest BCUT2D eigenvalue weighted by Gasteiger charge is 2.27. The fraction of sp³-hybridized carbons (Fsp3) is 0.417. The smallest absolute Gasteiger partial charge is 0.254 e. The van der Waals surface area contributed by atoms with E-state index in [0.29, 0.717) is 17.1 Å². The lowest BCUT2D eigenvalue weighted by atomic mass is 9.95. The van der Waals surface area contributed by atoms with Gasteiger partial charge in [-0.3, -0.25) is 9.59 Å². The number of anilines is 1. The highest BCUT2D eigenvalue weighted by Crippen LogP contribution is 2.38. The van der Waals surface area contributed by atoms with Gasteiger partial charge in [-0.2, -0.15) is 0 Å². The molecule has 3 heterocycles. The summed E-state index contributed by atoms with van der Waals surface area (Å²) in [4.78, 5) is 30.5. The Morgan fingerprint density at radius 3 is 2.90 bits per heavy atom. The maximum Gasteiger partial charge on any atom is 0.254 e. The number of hydrogen-bond acceptors (Lipinski definition) is 4. The second-order valence-corrected chi connectivity index (χ2v) is 9.45. The number of nitrogens with one attached hydrogen (secondary N) is 3. The van der Waals surface area contributed by atoms with E-state index in [1.54, 1.807) is 11.3 Å². The molecule has 0 spiro atoms. The third kappa shape index (κ3) is 4.25. The van der Waals surface area contributed by atoms with Gasteiger partial charge in [0.2, 0.25) is 5.91 Å². The first-order chi connectivity index (χ1) is 15.2. The maximum absolute atomic E-state index is 13.1. The average Bonchev–Trinajstić information content (AvgIpc) is 3.51.